The van der Waals surface area contributed by atoms with Crippen LogP contribution in [-0.2, 0) is 9.53 Å². The van der Waals surface area contributed by atoms with Gasteiger partial charge in [0.1, 0.15) is 17.7 Å². The van der Waals surface area contributed by atoms with Gasteiger partial charge in [0.15, 0.2) is 6.61 Å². The first-order valence-electron chi connectivity index (χ1n) is 8.21. The van der Waals surface area contributed by atoms with Gasteiger partial charge in [-0.05, 0) is 18.2 Å². The molecule has 6 nitrogen and oxygen atoms in total. The number of carbonyl (C=O) groups excluding carboxylic acids is 2. The average Bonchev–Trinajstić information content (AvgIpc) is 2.66. The number of morpholine rings is 1. The Morgan fingerprint density at radius 2 is 1.92 bits per heavy atom. The summed E-state index contributed by atoms with van der Waals surface area (Å²) in [6.45, 7) is 0.595. The number of ether oxygens (including phenoxy) is 2. The van der Waals surface area contributed by atoms with Gasteiger partial charge in [0.05, 0.1) is 18.7 Å². The monoisotopic (exact) mass is 358 g/mol. The molecule has 136 valence electrons. The van der Waals surface area contributed by atoms with E-state index < -0.39 is 12.0 Å². The molecule has 2 amide bonds. The Bertz CT molecular complexity index is 812. The van der Waals surface area contributed by atoms with E-state index >= 15 is 0 Å². The number of primary amides is 1. The van der Waals surface area contributed by atoms with Gasteiger partial charge in [-0.3, -0.25) is 9.59 Å². The fraction of sp³-hybridized carbons (Fsp3) is 0.263. The Hall–Kier alpha value is -2.93. The van der Waals surface area contributed by atoms with Gasteiger partial charge in [-0.25, -0.2) is 4.39 Å². The summed E-state index contributed by atoms with van der Waals surface area (Å²) < 4.78 is 25.0. The number of para-hydroxylation sites is 1. The first-order chi connectivity index (χ1) is 12.6. The van der Waals surface area contributed by atoms with E-state index in [1.807, 2.05) is 0 Å². The maximum atomic E-state index is 14.0. The fourth-order valence-corrected chi connectivity index (χ4v) is 2.85. The van der Waals surface area contributed by atoms with Crippen LogP contribution in [0.5, 0.6) is 5.75 Å². The molecule has 1 unspecified atom stereocenters. The number of carbonyl (C=O) groups is 2. The third-order valence-corrected chi connectivity index (χ3v) is 4.09. The smallest absolute Gasteiger partial charge is 0.257 e. The number of nitrogens with zero attached hydrogens (tertiary/aromatic N) is 1. The zero-order chi connectivity index (χ0) is 18.5. The Labute approximate surface area is 150 Å². The van der Waals surface area contributed by atoms with Crippen LogP contribution < -0.4 is 10.5 Å². The number of hydrogen-bond donors (Lipinski definition) is 1. The van der Waals surface area contributed by atoms with Gasteiger partial charge in [-0.15, -0.1) is 0 Å². The summed E-state index contributed by atoms with van der Waals surface area (Å²) in [5, 5.41) is 0. The summed E-state index contributed by atoms with van der Waals surface area (Å²) in [6, 6.07) is 13.0. The summed E-state index contributed by atoms with van der Waals surface area (Å²) >= 11 is 0. The lowest BCUT2D eigenvalue weighted by Crippen LogP contribution is -2.42. The van der Waals surface area contributed by atoms with Crippen molar-refractivity contribution in [1.29, 1.82) is 0 Å². The van der Waals surface area contributed by atoms with Crippen LogP contribution in [-0.4, -0.2) is 43.0 Å². The maximum absolute atomic E-state index is 14.0. The quantitative estimate of drug-likeness (QED) is 0.885. The second-order valence-corrected chi connectivity index (χ2v) is 5.88. The van der Waals surface area contributed by atoms with Gasteiger partial charge < -0.3 is 20.1 Å². The number of benzene rings is 2. The van der Waals surface area contributed by atoms with E-state index in [0.29, 0.717) is 24.3 Å². The number of rotatable bonds is 5. The summed E-state index contributed by atoms with van der Waals surface area (Å²) in [5.41, 5.74) is 5.84. The summed E-state index contributed by atoms with van der Waals surface area (Å²) in [4.78, 5) is 25.4. The number of amides is 2. The molecule has 2 aromatic rings. The Kier molecular flexibility index (Phi) is 5.48. The first kappa shape index (κ1) is 17.9. The van der Waals surface area contributed by atoms with Crippen LogP contribution in [0.25, 0.3) is 0 Å². The van der Waals surface area contributed by atoms with E-state index in [2.05, 4.69) is 0 Å². The van der Waals surface area contributed by atoms with Crippen LogP contribution >= 0.6 is 0 Å². The SMILES string of the molecule is NC(=O)COc1ccccc1C(=O)N1CCOC(c2ccccc2F)C1. The van der Waals surface area contributed by atoms with Crippen molar-refractivity contribution in [2.45, 2.75) is 6.10 Å². The third-order valence-electron chi connectivity index (χ3n) is 4.09. The second kappa shape index (κ2) is 7.97. The van der Waals surface area contributed by atoms with Crippen LogP contribution in [0.1, 0.15) is 22.0 Å². The number of hydrogen-bond acceptors (Lipinski definition) is 4. The van der Waals surface area contributed by atoms with E-state index in [1.165, 1.54) is 6.07 Å². The minimum Gasteiger partial charge on any atom is -0.483 e. The Morgan fingerprint density at radius 1 is 1.19 bits per heavy atom. The zero-order valence-corrected chi connectivity index (χ0v) is 14.1. The van der Waals surface area contributed by atoms with Crippen molar-refractivity contribution in [1.82, 2.24) is 4.90 Å². The maximum Gasteiger partial charge on any atom is 0.257 e. The largest absolute Gasteiger partial charge is 0.483 e. The van der Waals surface area contributed by atoms with Gasteiger partial charge in [0.25, 0.3) is 11.8 Å². The molecule has 1 heterocycles. The molecule has 0 spiro atoms. The molecule has 3 rings (SSSR count). The van der Waals surface area contributed by atoms with Crippen molar-refractivity contribution in [2.75, 3.05) is 26.3 Å². The lowest BCUT2D eigenvalue weighted by atomic mass is 10.1. The zero-order valence-electron chi connectivity index (χ0n) is 14.1. The van der Waals surface area contributed by atoms with E-state index in [4.69, 9.17) is 15.2 Å². The normalized spacial score (nSPS) is 17.0. The number of nitrogens with two attached hydrogens (primary N) is 1. The predicted molar refractivity (Wildman–Crippen MR) is 92.1 cm³/mol. The molecular weight excluding hydrogens is 339 g/mol. The van der Waals surface area contributed by atoms with Crippen molar-refractivity contribution in [3.8, 4) is 5.75 Å². The second-order valence-electron chi connectivity index (χ2n) is 5.88. The average molecular weight is 358 g/mol. The van der Waals surface area contributed by atoms with Crippen LogP contribution in [0, 0.1) is 5.82 Å². The molecule has 1 saturated heterocycles. The predicted octanol–water partition coefficient (Wildman–Crippen LogP) is 1.90. The van der Waals surface area contributed by atoms with Gasteiger partial charge >= 0.3 is 0 Å². The van der Waals surface area contributed by atoms with Crippen LogP contribution in [0.2, 0.25) is 0 Å². The molecule has 1 atom stereocenters. The molecule has 0 radical (unpaired) electrons. The lowest BCUT2D eigenvalue weighted by Gasteiger charge is -2.33. The molecule has 0 aliphatic carbocycles. The third kappa shape index (κ3) is 4.00. The van der Waals surface area contributed by atoms with Crippen molar-refractivity contribution >= 4 is 11.8 Å². The first-order valence-corrected chi connectivity index (χ1v) is 8.21. The molecule has 7 heteroatoms. The molecule has 1 aliphatic heterocycles. The lowest BCUT2D eigenvalue weighted by molar-refractivity contribution is -0.119. The van der Waals surface area contributed by atoms with Crippen molar-refractivity contribution in [2.24, 2.45) is 5.73 Å². The van der Waals surface area contributed by atoms with E-state index in [0.717, 1.165) is 0 Å². The topological polar surface area (TPSA) is 81.9 Å². The number of halogens is 1. The molecule has 1 fully saturated rings. The van der Waals surface area contributed by atoms with Gasteiger partial charge in [-0.1, -0.05) is 30.3 Å². The molecule has 0 saturated carbocycles. The van der Waals surface area contributed by atoms with E-state index in [-0.39, 0.29) is 30.6 Å². The highest BCUT2D eigenvalue weighted by atomic mass is 19.1. The molecule has 2 N–H and O–H groups in total. The molecule has 0 aromatic heterocycles. The molecule has 1 aliphatic rings. The standard InChI is InChI=1S/C19H19FN2O4/c20-15-7-3-1-5-13(15)17-11-22(9-10-25-17)19(24)14-6-2-4-8-16(14)26-12-18(21)23/h1-8,17H,9-12H2,(H2,21,23). The van der Waals surface area contributed by atoms with Crippen LogP contribution in [0.4, 0.5) is 4.39 Å². The highest BCUT2D eigenvalue weighted by molar-refractivity contribution is 5.97. The van der Waals surface area contributed by atoms with E-state index in [9.17, 15) is 14.0 Å². The Balaban J connectivity index is 1.78. The minimum absolute atomic E-state index is 0.226. The van der Waals surface area contributed by atoms with Crippen molar-refractivity contribution < 1.29 is 23.5 Å². The fourth-order valence-electron chi connectivity index (χ4n) is 2.85. The molecule has 0 bridgehead atoms. The molecule has 26 heavy (non-hydrogen) atoms. The Morgan fingerprint density at radius 3 is 2.69 bits per heavy atom. The summed E-state index contributed by atoms with van der Waals surface area (Å²) in [6.07, 6.45) is -0.535. The van der Waals surface area contributed by atoms with E-state index in [1.54, 1.807) is 47.4 Å². The van der Waals surface area contributed by atoms with Gasteiger partial charge in [-0.2, -0.15) is 0 Å². The van der Waals surface area contributed by atoms with Gasteiger partial charge in [0.2, 0.25) is 0 Å². The van der Waals surface area contributed by atoms with Gasteiger partial charge in [0, 0.05) is 12.1 Å². The van der Waals surface area contributed by atoms with Crippen molar-refractivity contribution in [3.63, 3.8) is 0 Å². The summed E-state index contributed by atoms with van der Waals surface area (Å²) in [5.74, 6) is -0.977. The summed E-state index contributed by atoms with van der Waals surface area (Å²) in [7, 11) is 0. The molecular formula is C19H19FN2O4. The molecule has 2 aromatic carbocycles. The van der Waals surface area contributed by atoms with Crippen molar-refractivity contribution in [3.05, 3.63) is 65.5 Å². The highest BCUT2D eigenvalue weighted by Gasteiger charge is 2.29. The van der Waals surface area contributed by atoms with Crippen LogP contribution in [0.3, 0.4) is 0 Å². The van der Waals surface area contributed by atoms with Crippen LogP contribution in [0.15, 0.2) is 48.5 Å². The highest BCUT2D eigenvalue weighted by Crippen LogP contribution is 2.27. The minimum atomic E-state index is -0.627.